The maximum Gasteiger partial charge on any atom is 0.209 e. The largest absolute Gasteiger partial charge is 0.508 e. The van der Waals surface area contributed by atoms with Crippen molar-refractivity contribution >= 4 is 10.0 Å². The van der Waals surface area contributed by atoms with Crippen molar-refractivity contribution < 1.29 is 13.5 Å². The molecule has 0 heterocycles. The molecule has 0 bridgehead atoms. The average molecular weight is 229 g/mol. The minimum absolute atomic E-state index is 0.112. The fourth-order valence-electron chi connectivity index (χ4n) is 1.41. The summed E-state index contributed by atoms with van der Waals surface area (Å²) in [5.41, 5.74) is 0.602. The van der Waals surface area contributed by atoms with Crippen LogP contribution in [0.25, 0.3) is 0 Å². The van der Waals surface area contributed by atoms with E-state index in [4.69, 9.17) is 0 Å². The lowest BCUT2D eigenvalue weighted by Crippen LogP contribution is -2.26. The Morgan fingerprint density at radius 3 is 2.47 bits per heavy atom. The van der Waals surface area contributed by atoms with E-state index < -0.39 is 10.0 Å². The Bertz CT molecular complexity index is 428. The van der Waals surface area contributed by atoms with Gasteiger partial charge in [0, 0.05) is 11.6 Å². The maximum atomic E-state index is 11.1. The molecule has 1 aromatic carbocycles. The average Bonchev–Trinajstić information content (AvgIpc) is 2.14. The van der Waals surface area contributed by atoms with E-state index in [1.807, 2.05) is 6.92 Å². The first-order chi connectivity index (χ1) is 6.94. The first-order valence-corrected chi connectivity index (χ1v) is 6.58. The lowest BCUT2D eigenvalue weighted by atomic mass is 10.0. The molecular formula is C10H15NO3S. The molecule has 2 N–H and O–H groups in total. The predicted molar refractivity (Wildman–Crippen MR) is 59.1 cm³/mol. The summed E-state index contributed by atoms with van der Waals surface area (Å²) in [6.45, 7) is 1.86. The van der Waals surface area contributed by atoms with E-state index in [1.165, 1.54) is 0 Å². The van der Waals surface area contributed by atoms with E-state index in [1.54, 1.807) is 24.3 Å². The molecule has 0 aliphatic carbocycles. The second-order valence-corrected chi connectivity index (χ2v) is 5.19. The van der Waals surface area contributed by atoms with Gasteiger partial charge in [-0.2, -0.15) is 0 Å². The quantitative estimate of drug-likeness (QED) is 0.820. The summed E-state index contributed by atoms with van der Waals surface area (Å²) in [5.74, 6) is 0.112. The number of aromatic hydroxyl groups is 1. The number of sulfonamides is 1. The number of phenols is 1. The summed E-state index contributed by atoms with van der Waals surface area (Å²) in [7, 11) is -3.26. The van der Waals surface area contributed by atoms with Gasteiger partial charge in [-0.15, -0.1) is 0 Å². The van der Waals surface area contributed by atoms with Gasteiger partial charge in [-0.3, -0.25) is 0 Å². The van der Waals surface area contributed by atoms with Crippen molar-refractivity contribution in [3.63, 3.8) is 0 Å². The zero-order chi connectivity index (χ0) is 11.5. The van der Waals surface area contributed by atoms with E-state index in [0.717, 1.165) is 6.26 Å². The van der Waals surface area contributed by atoms with Gasteiger partial charge in [0.2, 0.25) is 10.0 Å². The third-order valence-electron chi connectivity index (χ3n) is 2.08. The van der Waals surface area contributed by atoms with Gasteiger partial charge in [0.25, 0.3) is 0 Å². The number of hydrogen-bond acceptors (Lipinski definition) is 3. The van der Waals surface area contributed by atoms with Crippen LogP contribution < -0.4 is 4.72 Å². The topological polar surface area (TPSA) is 66.4 Å². The van der Waals surface area contributed by atoms with Gasteiger partial charge in [0.1, 0.15) is 5.75 Å². The Labute approximate surface area is 90.0 Å². The molecule has 0 radical (unpaired) electrons. The molecule has 0 saturated carbocycles. The minimum Gasteiger partial charge on any atom is -0.508 e. The number of hydrogen-bond donors (Lipinski definition) is 2. The van der Waals surface area contributed by atoms with Crippen LogP contribution >= 0.6 is 0 Å². The molecule has 0 fully saturated rings. The Morgan fingerprint density at radius 1 is 1.40 bits per heavy atom. The molecule has 84 valence electrons. The molecule has 0 saturated heterocycles. The molecule has 0 aromatic heterocycles. The second kappa shape index (κ2) is 4.63. The molecule has 1 unspecified atom stereocenters. The van der Waals surface area contributed by atoms with Crippen LogP contribution in [-0.2, 0) is 10.0 Å². The first-order valence-electron chi connectivity index (χ1n) is 4.69. The molecule has 0 amide bonds. The van der Waals surface area contributed by atoms with Gasteiger partial charge >= 0.3 is 0 Å². The van der Waals surface area contributed by atoms with Crippen LogP contribution in [0.5, 0.6) is 5.75 Å². The Morgan fingerprint density at radius 2 is 2.00 bits per heavy atom. The van der Waals surface area contributed by atoms with Crippen molar-refractivity contribution in [3.8, 4) is 5.75 Å². The van der Waals surface area contributed by atoms with E-state index in [9.17, 15) is 13.5 Å². The zero-order valence-corrected chi connectivity index (χ0v) is 9.58. The van der Waals surface area contributed by atoms with Gasteiger partial charge in [0.15, 0.2) is 0 Å². The number of phenolic OH excluding ortho intramolecular Hbond substituents is 1. The second-order valence-electron chi connectivity index (χ2n) is 3.41. The lowest BCUT2D eigenvalue weighted by Gasteiger charge is -2.16. The van der Waals surface area contributed by atoms with Crippen molar-refractivity contribution in [1.82, 2.24) is 4.72 Å². The van der Waals surface area contributed by atoms with Crippen LogP contribution in [0, 0.1) is 0 Å². The van der Waals surface area contributed by atoms with Gasteiger partial charge in [-0.25, -0.2) is 13.1 Å². The van der Waals surface area contributed by atoms with Crippen molar-refractivity contribution in [2.24, 2.45) is 0 Å². The van der Waals surface area contributed by atoms with Crippen LogP contribution in [0.15, 0.2) is 24.3 Å². The summed E-state index contributed by atoms with van der Waals surface area (Å²) in [6.07, 6.45) is 1.69. The summed E-state index contributed by atoms with van der Waals surface area (Å²) in [6, 6.07) is 6.35. The van der Waals surface area contributed by atoms with Crippen molar-refractivity contribution in [3.05, 3.63) is 29.8 Å². The normalized spacial score (nSPS) is 13.7. The fourth-order valence-corrected chi connectivity index (χ4v) is 2.22. The number of benzene rings is 1. The maximum absolute atomic E-state index is 11.1. The van der Waals surface area contributed by atoms with Crippen LogP contribution in [0.3, 0.4) is 0 Å². The van der Waals surface area contributed by atoms with Crippen molar-refractivity contribution in [1.29, 1.82) is 0 Å². The van der Waals surface area contributed by atoms with Crippen LogP contribution in [-0.4, -0.2) is 19.8 Å². The van der Waals surface area contributed by atoms with E-state index in [2.05, 4.69) is 4.72 Å². The highest BCUT2D eigenvalue weighted by Crippen LogP contribution is 2.25. The van der Waals surface area contributed by atoms with E-state index in [0.29, 0.717) is 12.0 Å². The zero-order valence-electron chi connectivity index (χ0n) is 8.77. The first kappa shape index (κ1) is 12.0. The number of nitrogens with one attached hydrogen (secondary N) is 1. The Kier molecular flexibility index (Phi) is 3.71. The molecule has 0 aliphatic heterocycles. The van der Waals surface area contributed by atoms with Crippen molar-refractivity contribution in [2.45, 2.75) is 19.4 Å². The standard InChI is InChI=1S/C10H15NO3S/c1-3-9(11-15(2,13)14)8-6-4-5-7-10(8)12/h4-7,9,11-12H,3H2,1-2H3. The number of rotatable bonds is 4. The summed E-state index contributed by atoms with van der Waals surface area (Å²) < 4.78 is 24.7. The molecule has 0 spiro atoms. The molecular weight excluding hydrogens is 214 g/mol. The van der Waals surface area contributed by atoms with Crippen molar-refractivity contribution in [2.75, 3.05) is 6.26 Å². The third-order valence-corrected chi connectivity index (χ3v) is 2.79. The lowest BCUT2D eigenvalue weighted by molar-refractivity contribution is 0.455. The number of para-hydroxylation sites is 1. The molecule has 0 aliphatic rings. The van der Waals surface area contributed by atoms with Gasteiger partial charge in [-0.1, -0.05) is 25.1 Å². The summed E-state index contributed by atoms with van der Waals surface area (Å²) >= 11 is 0. The van der Waals surface area contributed by atoms with Crippen LogP contribution in [0.1, 0.15) is 24.9 Å². The van der Waals surface area contributed by atoms with Gasteiger partial charge in [-0.05, 0) is 12.5 Å². The summed E-state index contributed by atoms with van der Waals surface area (Å²) in [4.78, 5) is 0. The third kappa shape index (κ3) is 3.53. The predicted octanol–water partition coefficient (Wildman–Crippen LogP) is 1.39. The van der Waals surface area contributed by atoms with Gasteiger partial charge in [0.05, 0.1) is 6.26 Å². The molecule has 1 rings (SSSR count). The SMILES string of the molecule is CCC(NS(C)(=O)=O)c1ccccc1O. The smallest absolute Gasteiger partial charge is 0.209 e. The molecule has 15 heavy (non-hydrogen) atoms. The minimum atomic E-state index is -3.26. The van der Waals surface area contributed by atoms with E-state index >= 15 is 0 Å². The molecule has 1 atom stereocenters. The molecule has 1 aromatic rings. The highest BCUT2D eigenvalue weighted by Gasteiger charge is 2.16. The van der Waals surface area contributed by atoms with Crippen LogP contribution in [0.2, 0.25) is 0 Å². The highest BCUT2D eigenvalue weighted by atomic mass is 32.2. The summed E-state index contributed by atoms with van der Waals surface area (Å²) in [5, 5.41) is 9.57. The Hall–Kier alpha value is -1.07. The van der Waals surface area contributed by atoms with E-state index in [-0.39, 0.29) is 11.8 Å². The fraction of sp³-hybridized carbons (Fsp3) is 0.400. The monoisotopic (exact) mass is 229 g/mol. The van der Waals surface area contributed by atoms with Gasteiger partial charge < -0.3 is 5.11 Å². The van der Waals surface area contributed by atoms with Crippen LogP contribution in [0.4, 0.5) is 0 Å². The molecule has 5 heteroatoms. The molecule has 4 nitrogen and oxygen atoms in total. The highest BCUT2D eigenvalue weighted by molar-refractivity contribution is 7.88. The Balaban J connectivity index is 2.98.